The molecule has 0 saturated heterocycles. The van der Waals surface area contributed by atoms with E-state index < -0.39 is 0 Å². The van der Waals surface area contributed by atoms with Crippen LogP contribution in [0.2, 0.25) is 0 Å². The lowest BCUT2D eigenvalue weighted by atomic mass is 9.78. The predicted octanol–water partition coefficient (Wildman–Crippen LogP) is 3.97. The Morgan fingerprint density at radius 3 is 2.22 bits per heavy atom. The summed E-state index contributed by atoms with van der Waals surface area (Å²) in [6.45, 7) is 13.3. The van der Waals surface area contributed by atoms with E-state index in [2.05, 4.69) is 64.3 Å². The average molecular weight is 246 g/mol. The molecule has 1 aromatic rings. The van der Waals surface area contributed by atoms with Gasteiger partial charge in [-0.3, -0.25) is 4.94 Å². The third-order valence-corrected chi connectivity index (χ3v) is 3.24. The zero-order chi connectivity index (χ0) is 13.6. The first-order valence-electron chi connectivity index (χ1n) is 6.34. The van der Waals surface area contributed by atoms with Crippen LogP contribution in [0.3, 0.4) is 0 Å². The molecule has 0 spiro atoms. The number of hydrogen-bond acceptors (Lipinski definition) is 3. The first-order chi connectivity index (χ1) is 8.19. The molecule has 1 N–H and O–H groups in total. The number of oxime groups is 1. The summed E-state index contributed by atoms with van der Waals surface area (Å²) in [5, 5.41) is 3.83. The summed E-state index contributed by atoms with van der Waals surface area (Å²) < 4.78 is 0. The van der Waals surface area contributed by atoms with Crippen molar-refractivity contribution in [3.05, 3.63) is 28.8 Å². The quantitative estimate of drug-likeness (QED) is 0.751. The van der Waals surface area contributed by atoms with Crippen molar-refractivity contribution in [2.24, 2.45) is 5.16 Å². The number of fused-ring (bicyclic) bond motifs is 1. The van der Waals surface area contributed by atoms with Crippen molar-refractivity contribution in [3.63, 3.8) is 0 Å². The Kier molecular flexibility index (Phi) is 2.88. The van der Waals surface area contributed by atoms with Crippen LogP contribution in [0.15, 0.2) is 17.3 Å². The van der Waals surface area contributed by atoms with E-state index in [1.807, 2.05) is 0 Å². The summed E-state index contributed by atoms with van der Waals surface area (Å²) in [5.41, 5.74) is 7.82. The Morgan fingerprint density at radius 1 is 1.00 bits per heavy atom. The Morgan fingerprint density at radius 2 is 1.67 bits per heavy atom. The smallest absolute Gasteiger partial charge is 0.0867 e. The molecule has 0 aliphatic carbocycles. The maximum atomic E-state index is 4.98. The maximum absolute atomic E-state index is 4.98. The molecule has 1 aliphatic heterocycles. The van der Waals surface area contributed by atoms with Crippen LogP contribution in [-0.2, 0) is 15.8 Å². The van der Waals surface area contributed by atoms with Gasteiger partial charge < -0.3 is 0 Å². The molecule has 0 bridgehead atoms. The molecule has 0 unspecified atom stereocenters. The maximum Gasteiger partial charge on any atom is 0.0867 e. The van der Waals surface area contributed by atoms with Crippen LogP contribution in [0.4, 0.5) is 5.69 Å². The summed E-state index contributed by atoms with van der Waals surface area (Å²) in [6.07, 6.45) is 1.77. The summed E-state index contributed by atoms with van der Waals surface area (Å²) in [4.78, 5) is 4.98. The SMILES string of the molecule is CC(C)(C)c1cc2c(c(C(C)(C)C)c1)NON=C2. The number of anilines is 1. The van der Waals surface area contributed by atoms with Gasteiger partial charge in [0.2, 0.25) is 0 Å². The van der Waals surface area contributed by atoms with Gasteiger partial charge in [-0.25, -0.2) is 0 Å². The normalized spacial score (nSPS) is 14.8. The van der Waals surface area contributed by atoms with Gasteiger partial charge in [0, 0.05) is 5.56 Å². The molecule has 0 fully saturated rings. The predicted molar refractivity (Wildman–Crippen MR) is 76.1 cm³/mol. The number of rotatable bonds is 0. The van der Waals surface area contributed by atoms with E-state index in [4.69, 9.17) is 4.94 Å². The Labute approximate surface area is 109 Å². The molecule has 2 rings (SSSR count). The fourth-order valence-corrected chi connectivity index (χ4v) is 2.06. The van der Waals surface area contributed by atoms with Gasteiger partial charge in [0.05, 0.1) is 11.9 Å². The second kappa shape index (κ2) is 4.01. The highest BCUT2D eigenvalue weighted by atomic mass is 16.8. The Balaban J connectivity index is 2.68. The van der Waals surface area contributed by atoms with E-state index in [0.29, 0.717) is 0 Å². The van der Waals surface area contributed by atoms with Crippen LogP contribution in [0, 0.1) is 0 Å². The van der Waals surface area contributed by atoms with E-state index in [-0.39, 0.29) is 10.8 Å². The van der Waals surface area contributed by atoms with E-state index >= 15 is 0 Å². The van der Waals surface area contributed by atoms with Gasteiger partial charge in [-0.05, 0) is 28.0 Å². The topological polar surface area (TPSA) is 33.6 Å². The highest BCUT2D eigenvalue weighted by Crippen LogP contribution is 2.37. The van der Waals surface area contributed by atoms with Crippen molar-refractivity contribution in [2.75, 3.05) is 5.48 Å². The number of hydrogen-bond donors (Lipinski definition) is 1. The molecule has 0 amide bonds. The number of nitrogens with zero attached hydrogens (tertiary/aromatic N) is 1. The molecular formula is C15H22N2O. The molecular weight excluding hydrogens is 224 g/mol. The van der Waals surface area contributed by atoms with Gasteiger partial charge in [-0.1, -0.05) is 52.8 Å². The van der Waals surface area contributed by atoms with E-state index in [9.17, 15) is 0 Å². The van der Waals surface area contributed by atoms with Crippen LogP contribution in [0.5, 0.6) is 0 Å². The number of nitrogens with one attached hydrogen (secondary N) is 1. The molecule has 1 aromatic carbocycles. The monoisotopic (exact) mass is 246 g/mol. The van der Waals surface area contributed by atoms with Crippen molar-refractivity contribution in [1.82, 2.24) is 0 Å². The highest BCUT2D eigenvalue weighted by Gasteiger charge is 2.25. The lowest BCUT2D eigenvalue weighted by molar-refractivity contribution is 0.206. The molecule has 0 aromatic heterocycles. The zero-order valence-corrected chi connectivity index (χ0v) is 12.1. The third-order valence-electron chi connectivity index (χ3n) is 3.24. The van der Waals surface area contributed by atoms with Gasteiger partial charge in [-0.15, -0.1) is 0 Å². The largest absolute Gasteiger partial charge is 0.271 e. The van der Waals surface area contributed by atoms with Crippen molar-refractivity contribution >= 4 is 11.9 Å². The van der Waals surface area contributed by atoms with Crippen LogP contribution in [0.25, 0.3) is 0 Å². The first-order valence-corrected chi connectivity index (χ1v) is 6.34. The summed E-state index contributed by atoms with van der Waals surface area (Å²) in [6, 6.07) is 4.46. The van der Waals surface area contributed by atoms with Gasteiger partial charge >= 0.3 is 0 Å². The minimum atomic E-state index is 0.0624. The van der Waals surface area contributed by atoms with E-state index in [1.54, 1.807) is 6.21 Å². The molecule has 1 aliphatic rings. The van der Waals surface area contributed by atoms with Gasteiger partial charge in [0.25, 0.3) is 0 Å². The van der Waals surface area contributed by atoms with Crippen molar-refractivity contribution in [2.45, 2.75) is 52.4 Å². The van der Waals surface area contributed by atoms with Crippen LogP contribution < -0.4 is 5.48 Å². The molecule has 3 heteroatoms. The average Bonchev–Trinajstić information content (AvgIpc) is 2.25. The summed E-state index contributed by atoms with van der Waals surface area (Å²) in [5.74, 6) is 0. The Bertz CT molecular complexity index is 490. The fourth-order valence-electron chi connectivity index (χ4n) is 2.06. The molecule has 1 heterocycles. The van der Waals surface area contributed by atoms with Crippen LogP contribution >= 0.6 is 0 Å². The standard InChI is InChI=1S/C15H22N2O/c1-14(2,3)11-7-10-9-16-18-17-13(10)12(8-11)15(4,5)6/h7-9,17H,1-6H3. The summed E-state index contributed by atoms with van der Waals surface area (Å²) in [7, 11) is 0. The van der Waals surface area contributed by atoms with Crippen molar-refractivity contribution in [1.29, 1.82) is 0 Å². The Hall–Kier alpha value is -1.51. The highest BCUT2D eigenvalue weighted by molar-refractivity contribution is 5.90. The second-order valence-corrected chi connectivity index (χ2v) is 6.92. The van der Waals surface area contributed by atoms with Gasteiger partial charge in [0.15, 0.2) is 0 Å². The molecule has 0 saturated carbocycles. The zero-order valence-electron chi connectivity index (χ0n) is 12.1. The van der Waals surface area contributed by atoms with Crippen LogP contribution in [0.1, 0.15) is 58.2 Å². The molecule has 0 atom stereocenters. The molecule has 98 valence electrons. The van der Waals surface area contributed by atoms with Crippen LogP contribution in [-0.4, -0.2) is 6.21 Å². The minimum Gasteiger partial charge on any atom is -0.271 e. The first kappa shape index (κ1) is 12.9. The molecule has 18 heavy (non-hydrogen) atoms. The van der Waals surface area contributed by atoms with Crippen molar-refractivity contribution < 1.29 is 4.94 Å². The summed E-state index contributed by atoms with van der Waals surface area (Å²) >= 11 is 0. The van der Waals surface area contributed by atoms with Crippen molar-refractivity contribution in [3.8, 4) is 0 Å². The minimum absolute atomic E-state index is 0.0624. The van der Waals surface area contributed by atoms with E-state index in [1.165, 1.54) is 11.1 Å². The lowest BCUT2D eigenvalue weighted by Crippen LogP contribution is -2.21. The fraction of sp³-hybridized carbons (Fsp3) is 0.533. The molecule has 0 radical (unpaired) electrons. The molecule has 3 nitrogen and oxygen atoms in total. The second-order valence-electron chi connectivity index (χ2n) is 6.92. The third kappa shape index (κ3) is 2.35. The number of benzene rings is 1. The lowest BCUT2D eigenvalue weighted by Gasteiger charge is -2.29. The van der Waals surface area contributed by atoms with Gasteiger partial charge in [0.1, 0.15) is 0 Å². The van der Waals surface area contributed by atoms with Gasteiger partial charge in [-0.2, -0.15) is 5.48 Å². The van der Waals surface area contributed by atoms with E-state index in [0.717, 1.165) is 11.3 Å².